The van der Waals surface area contributed by atoms with Crippen molar-refractivity contribution in [2.45, 2.75) is 6.17 Å². The van der Waals surface area contributed by atoms with Crippen molar-refractivity contribution in [3.63, 3.8) is 0 Å². The summed E-state index contributed by atoms with van der Waals surface area (Å²) in [4.78, 5) is 10.2. The van der Waals surface area contributed by atoms with E-state index in [0.717, 1.165) is 66.7 Å². The fraction of sp³-hybridized carbons (Fsp3) is 0.0196. The third kappa shape index (κ3) is 5.30. The van der Waals surface area contributed by atoms with Gasteiger partial charge in [-0.2, -0.15) is 0 Å². The Labute approximate surface area is 317 Å². The summed E-state index contributed by atoms with van der Waals surface area (Å²) in [6, 6.07) is 66.3. The number of amidine groups is 2. The summed E-state index contributed by atoms with van der Waals surface area (Å²) in [5, 5.41) is 13.4. The molecule has 258 valence electrons. The molecule has 0 bridgehead atoms. The lowest BCUT2D eigenvalue weighted by Crippen LogP contribution is -2.33. The van der Waals surface area contributed by atoms with Gasteiger partial charge in [0.2, 0.25) is 0 Å². The van der Waals surface area contributed by atoms with E-state index in [2.05, 4.69) is 169 Å². The van der Waals surface area contributed by atoms with Crippen molar-refractivity contribution in [2.24, 2.45) is 9.98 Å². The zero-order chi connectivity index (χ0) is 36.3. The van der Waals surface area contributed by atoms with E-state index in [-0.39, 0.29) is 6.17 Å². The van der Waals surface area contributed by atoms with E-state index in [4.69, 9.17) is 14.4 Å². The molecule has 0 radical (unpaired) electrons. The maximum absolute atomic E-state index is 6.82. The molecule has 2 heterocycles. The van der Waals surface area contributed by atoms with Crippen LogP contribution in [0, 0.1) is 0 Å². The maximum atomic E-state index is 6.82. The number of hydrogen-bond acceptors (Lipinski definition) is 4. The topological polar surface area (TPSA) is 49.9 Å². The number of aliphatic imine (C=N–C) groups is 2. The summed E-state index contributed by atoms with van der Waals surface area (Å²) in [5.41, 5.74) is 9.16. The second-order valence-electron chi connectivity index (χ2n) is 14.2. The number of fused-ring (bicyclic) bond motifs is 9. The highest BCUT2D eigenvalue weighted by Gasteiger charge is 2.23. The van der Waals surface area contributed by atoms with Crippen molar-refractivity contribution in [1.82, 2.24) is 5.32 Å². The Bertz CT molecular complexity index is 3140. The van der Waals surface area contributed by atoms with Gasteiger partial charge in [-0.25, -0.2) is 9.98 Å². The molecule has 0 fully saturated rings. The van der Waals surface area contributed by atoms with Gasteiger partial charge in [-0.15, -0.1) is 0 Å². The van der Waals surface area contributed by atoms with Crippen molar-refractivity contribution in [3.8, 4) is 22.3 Å². The Morgan fingerprint density at radius 3 is 1.73 bits per heavy atom. The smallest absolute Gasteiger partial charge is 0.159 e. The van der Waals surface area contributed by atoms with Gasteiger partial charge in [-0.3, -0.25) is 0 Å². The monoisotopic (exact) mass is 703 g/mol. The molecule has 0 saturated carbocycles. The lowest BCUT2D eigenvalue weighted by molar-refractivity contribution is 0.655. The molecule has 11 rings (SSSR count). The first-order chi connectivity index (χ1) is 27.2. The Hall–Kier alpha value is -7.30. The molecule has 1 aliphatic heterocycles. The average molecular weight is 704 g/mol. The molecule has 4 nitrogen and oxygen atoms in total. The number of rotatable bonds is 5. The summed E-state index contributed by atoms with van der Waals surface area (Å²) >= 11 is 0. The molecular formula is C51H33N3O. The quantitative estimate of drug-likeness (QED) is 0.181. The van der Waals surface area contributed by atoms with Crippen LogP contribution in [0.25, 0.3) is 76.5 Å². The second-order valence-corrected chi connectivity index (χ2v) is 14.2. The normalized spacial score (nSPS) is 14.4. The first kappa shape index (κ1) is 31.2. The van der Waals surface area contributed by atoms with Gasteiger partial charge in [0.05, 0.1) is 0 Å². The number of benzene rings is 9. The number of para-hydroxylation sites is 1. The lowest BCUT2D eigenvalue weighted by Gasteiger charge is -2.24. The van der Waals surface area contributed by atoms with Crippen LogP contribution in [0.4, 0.5) is 0 Å². The third-order valence-corrected chi connectivity index (χ3v) is 10.9. The Morgan fingerprint density at radius 1 is 0.400 bits per heavy atom. The first-order valence-electron chi connectivity index (χ1n) is 18.7. The molecule has 1 aromatic heterocycles. The van der Waals surface area contributed by atoms with Gasteiger partial charge in [0, 0.05) is 33.0 Å². The lowest BCUT2D eigenvalue weighted by atomic mass is 9.92. The summed E-state index contributed by atoms with van der Waals surface area (Å²) in [6.45, 7) is 0. The summed E-state index contributed by atoms with van der Waals surface area (Å²) in [6.07, 6.45) is -0.372. The van der Waals surface area contributed by atoms with Crippen molar-refractivity contribution < 1.29 is 4.42 Å². The molecular weight excluding hydrogens is 671 g/mol. The summed E-state index contributed by atoms with van der Waals surface area (Å²) < 4.78 is 6.82. The van der Waals surface area contributed by atoms with Crippen LogP contribution in [0.3, 0.4) is 0 Å². The first-order valence-corrected chi connectivity index (χ1v) is 18.7. The van der Waals surface area contributed by atoms with Gasteiger partial charge in [0.1, 0.15) is 23.2 Å². The fourth-order valence-corrected chi connectivity index (χ4v) is 8.25. The predicted molar refractivity (Wildman–Crippen MR) is 229 cm³/mol. The molecule has 1 aliphatic rings. The standard InChI is InChI=1S/C51H33N3O/c1-3-13-32(14-4-1)34-17-11-18-36(29-34)50-52-49(33-15-5-2-6-16-33)53-51(54-50)37-26-28-44-45-24-12-23-38(48(45)55-47(44)31-37)35-25-27-43-41-21-8-7-19-39(41)40-20-9-10-22-42(40)46(43)30-35/h1-31,51H,(H,52,53,54). The Morgan fingerprint density at radius 2 is 0.982 bits per heavy atom. The third-order valence-electron chi connectivity index (χ3n) is 10.9. The van der Waals surface area contributed by atoms with E-state index in [9.17, 15) is 0 Å². The summed E-state index contributed by atoms with van der Waals surface area (Å²) in [5.74, 6) is 1.47. The zero-order valence-electron chi connectivity index (χ0n) is 29.8. The van der Waals surface area contributed by atoms with Crippen LogP contribution < -0.4 is 5.32 Å². The molecule has 1 atom stereocenters. The summed E-state index contributed by atoms with van der Waals surface area (Å²) in [7, 11) is 0. The molecule has 1 unspecified atom stereocenters. The Kier molecular flexibility index (Phi) is 7.20. The van der Waals surface area contributed by atoms with Gasteiger partial charge < -0.3 is 9.73 Å². The van der Waals surface area contributed by atoms with Gasteiger partial charge in [-0.05, 0) is 67.2 Å². The van der Waals surface area contributed by atoms with Crippen LogP contribution in [-0.2, 0) is 0 Å². The van der Waals surface area contributed by atoms with Gasteiger partial charge >= 0.3 is 0 Å². The van der Waals surface area contributed by atoms with Crippen LogP contribution in [0.2, 0.25) is 0 Å². The van der Waals surface area contributed by atoms with Crippen molar-refractivity contribution in [3.05, 3.63) is 205 Å². The minimum atomic E-state index is -0.372. The molecule has 0 amide bonds. The number of hydrogen-bond donors (Lipinski definition) is 1. The molecule has 0 spiro atoms. The van der Waals surface area contributed by atoms with Crippen molar-refractivity contribution in [2.75, 3.05) is 0 Å². The number of nitrogens with zero attached hydrogens (tertiary/aromatic N) is 2. The van der Waals surface area contributed by atoms with E-state index in [0.29, 0.717) is 5.84 Å². The predicted octanol–water partition coefficient (Wildman–Crippen LogP) is 12.9. The van der Waals surface area contributed by atoms with Crippen molar-refractivity contribution >= 4 is 65.9 Å². The maximum Gasteiger partial charge on any atom is 0.159 e. The van der Waals surface area contributed by atoms with Crippen LogP contribution in [-0.4, -0.2) is 11.7 Å². The van der Waals surface area contributed by atoms with Gasteiger partial charge in [0.15, 0.2) is 5.84 Å². The molecule has 4 heteroatoms. The number of nitrogens with one attached hydrogen (secondary N) is 1. The molecule has 0 aliphatic carbocycles. The molecule has 55 heavy (non-hydrogen) atoms. The minimum absolute atomic E-state index is 0.372. The highest BCUT2D eigenvalue weighted by molar-refractivity contribution is 6.26. The SMILES string of the molecule is c1ccc(C2=NC(c3ccc4c(c3)oc3c(-c5ccc6c7ccccc7c7ccccc7c6c5)cccc34)NC(c3cccc(-c4ccccc4)c3)=N2)cc1. The van der Waals surface area contributed by atoms with Crippen LogP contribution >= 0.6 is 0 Å². The zero-order valence-corrected chi connectivity index (χ0v) is 29.8. The number of furan rings is 1. The fourth-order valence-electron chi connectivity index (χ4n) is 8.25. The molecule has 0 saturated heterocycles. The van der Waals surface area contributed by atoms with E-state index < -0.39 is 0 Å². The largest absolute Gasteiger partial charge is 0.455 e. The molecule has 1 N–H and O–H groups in total. The van der Waals surface area contributed by atoms with Crippen LogP contribution in [0.15, 0.2) is 202 Å². The minimum Gasteiger partial charge on any atom is -0.455 e. The average Bonchev–Trinajstić information content (AvgIpc) is 3.65. The van der Waals surface area contributed by atoms with Gasteiger partial charge in [0.25, 0.3) is 0 Å². The van der Waals surface area contributed by atoms with Crippen LogP contribution in [0.1, 0.15) is 22.9 Å². The molecule has 10 aromatic rings. The van der Waals surface area contributed by atoms with Gasteiger partial charge in [-0.1, -0.05) is 170 Å². The Balaban J connectivity index is 1.01. The van der Waals surface area contributed by atoms with E-state index in [1.165, 1.54) is 32.3 Å². The highest BCUT2D eigenvalue weighted by atomic mass is 16.3. The highest BCUT2D eigenvalue weighted by Crippen LogP contribution is 2.41. The second kappa shape index (κ2) is 12.7. The van der Waals surface area contributed by atoms with E-state index in [1.807, 2.05) is 24.3 Å². The van der Waals surface area contributed by atoms with Crippen molar-refractivity contribution in [1.29, 1.82) is 0 Å². The molecule has 9 aromatic carbocycles. The van der Waals surface area contributed by atoms with E-state index >= 15 is 0 Å². The van der Waals surface area contributed by atoms with E-state index in [1.54, 1.807) is 0 Å². The van der Waals surface area contributed by atoms with Crippen LogP contribution in [0.5, 0.6) is 0 Å².